The summed E-state index contributed by atoms with van der Waals surface area (Å²) in [6.07, 6.45) is 0. The highest BCUT2D eigenvalue weighted by Gasteiger charge is 2.27. The van der Waals surface area contributed by atoms with Gasteiger partial charge in [0.2, 0.25) is 0 Å². The van der Waals surface area contributed by atoms with E-state index >= 15 is 0 Å². The van der Waals surface area contributed by atoms with E-state index in [-0.39, 0.29) is 0 Å². The summed E-state index contributed by atoms with van der Waals surface area (Å²) in [5, 5.41) is 17.8. The predicted molar refractivity (Wildman–Crippen MR) is 155 cm³/mol. The maximum absolute atomic E-state index is 3.64. The highest BCUT2D eigenvalue weighted by atomic mass is 32.1. The van der Waals surface area contributed by atoms with E-state index in [1.54, 1.807) is 22.7 Å². The fourth-order valence-corrected chi connectivity index (χ4v) is 7.98. The number of anilines is 4. The van der Waals surface area contributed by atoms with Gasteiger partial charge in [-0.15, -0.1) is 22.7 Å². The Labute approximate surface area is 211 Å². The number of rotatable bonds is 7. The third-order valence-electron chi connectivity index (χ3n) is 5.82. The minimum absolute atomic E-state index is 1.11. The van der Waals surface area contributed by atoms with Crippen LogP contribution in [0.15, 0.2) is 100 Å². The Morgan fingerprint density at radius 2 is 0.941 bits per heavy atom. The van der Waals surface area contributed by atoms with Crippen molar-refractivity contribution < 1.29 is 0 Å². The molecule has 0 aliphatic carbocycles. The molecule has 5 aromatic rings. The summed E-state index contributed by atoms with van der Waals surface area (Å²) in [6, 6.07) is 27.6. The van der Waals surface area contributed by atoms with Crippen molar-refractivity contribution in [3.05, 3.63) is 100 Å². The largest absolute Gasteiger partial charge is 0.354 e. The highest BCUT2D eigenvalue weighted by Crippen LogP contribution is 2.39. The van der Waals surface area contributed by atoms with Gasteiger partial charge in [-0.3, -0.25) is 0 Å². The third kappa shape index (κ3) is 4.73. The Kier molecular flexibility index (Phi) is 6.41. The van der Waals surface area contributed by atoms with Crippen LogP contribution in [0.25, 0.3) is 22.3 Å². The lowest BCUT2D eigenvalue weighted by Gasteiger charge is -2.26. The standard InChI is InChI=1S/C29H28N2S2Si/c1-34(2,3)29-23(25-17-32-19-27(25)30-21-11-6-4-7-12-21)15-10-16-24(29)26-18-33-20-28(26)31-22-13-8-5-9-14-22/h4-20,30-31H,1-3H3. The zero-order valence-corrected chi connectivity index (χ0v) is 22.3. The normalized spacial score (nSPS) is 11.4. The van der Waals surface area contributed by atoms with Crippen molar-refractivity contribution in [2.45, 2.75) is 19.6 Å². The van der Waals surface area contributed by atoms with E-state index < -0.39 is 8.07 Å². The lowest BCUT2D eigenvalue weighted by atomic mass is 10.00. The Bertz CT molecular complexity index is 1280. The van der Waals surface area contributed by atoms with Gasteiger partial charge in [0.1, 0.15) is 0 Å². The Hall–Kier alpha value is -3.12. The predicted octanol–water partition coefficient (Wildman–Crippen LogP) is 9.18. The first-order valence-corrected chi connectivity index (χ1v) is 16.8. The van der Waals surface area contributed by atoms with Crippen LogP contribution in [0.1, 0.15) is 0 Å². The van der Waals surface area contributed by atoms with Crippen LogP contribution in [0.2, 0.25) is 19.6 Å². The molecule has 0 radical (unpaired) electrons. The molecule has 0 unspecified atom stereocenters. The number of nitrogens with one attached hydrogen (secondary N) is 2. The second-order valence-corrected chi connectivity index (χ2v) is 15.8. The summed E-state index contributed by atoms with van der Waals surface area (Å²) in [5.41, 5.74) is 9.80. The molecule has 0 aliphatic rings. The van der Waals surface area contributed by atoms with Crippen LogP contribution in [-0.4, -0.2) is 8.07 Å². The quantitative estimate of drug-likeness (QED) is 0.219. The van der Waals surface area contributed by atoms with Crippen molar-refractivity contribution in [3.8, 4) is 22.3 Å². The first kappa shape index (κ1) is 22.7. The van der Waals surface area contributed by atoms with Gasteiger partial charge in [-0.05, 0) is 40.6 Å². The summed E-state index contributed by atoms with van der Waals surface area (Å²) in [7, 11) is -1.71. The van der Waals surface area contributed by atoms with Crippen molar-refractivity contribution >= 4 is 58.7 Å². The molecule has 2 nitrogen and oxygen atoms in total. The topological polar surface area (TPSA) is 24.1 Å². The molecule has 0 amide bonds. The summed E-state index contributed by atoms with van der Waals surface area (Å²) >= 11 is 3.50. The van der Waals surface area contributed by atoms with E-state index in [1.807, 2.05) is 0 Å². The monoisotopic (exact) mass is 496 g/mol. The van der Waals surface area contributed by atoms with Crippen LogP contribution in [0.5, 0.6) is 0 Å². The summed E-state index contributed by atoms with van der Waals surface area (Å²) in [4.78, 5) is 0. The number of benzene rings is 3. The molecule has 0 aliphatic heterocycles. The van der Waals surface area contributed by atoms with E-state index in [9.17, 15) is 0 Å². The maximum atomic E-state index is 3.64. The van der Waals surface area contributed by atoms with Crippen molar-refractivity contribution in [1.29, 1.82) is 0 Å². The Balaban J connectivity index is 1.61. The molecule has 0 atom stereocenters. The van der Waals surface area contributed by atoms with Gasteiger partial charge in [0.05, 0.1) is 19.4 Å². The molecule has 0 spiro atoms. The van der Waals surface area contributed by atoms with E-state index in [1.165, 1.54) is 38.8 Å². The Morgan fingerprint density at radius 1 is 0.500 bits per heavy atom. The van der Waals surface area contributed by atoms with Crippen LogP contribution >= 0.6 is 22.7 Å². The van der Waals surface area contributed by atoms with E-state index in [4.69, 9.17) is 0 Å². The molecule has 2 N–H and O–H groups in total. The lowest BCUT2D eigenvalue weighted by molar-refractivity contribution is 1.56. The minimum Gasteiger partial charge on any atom is -0.354 e. The number of hydrogen-bond acceptors (Lipinski definition) is 4. The van der Waals surface area contributed by atoms with Crippen molar-refractivity contribution in [1.82, 2.24) is 0 Å². The van der Waals surface area contributed by atoms with E-state index in [0.29, 0.717) is 0 Å². The molecular weight excluding hydrogens is 469 g/mol. The number of thiophene rings is 2. The van der Waals surface area contributed by atoms with Crippen molar-refractivity contribution in [3.63, 3.8) is 0 Å². The number of para-hydroxylation sites is 2. The summed E-state index contributed by atoms with van der Waals surface area (Å²) in [5.74, 6) is 0. The summed E-state index contributed by atoms with van der Waals surface area (Å²) < 4.78 is 0. The fraction of sp³-hybridized carbons (Fsp3) is 0.103. The van der Waals surface area contributed by atoms with Gasteiger partial charge in [-0.1, -0.05) is 74.2 Å². The zero-order chi connectivity index (χ0) is 23.5. The molecule has 170 valence electrons. The van der Waals surface area contributed by atoms with Gasteiger partial charge >= 0.3 is 0 Å². The zero-order valence-electron chi connectivity index (χ0n) is 19.6. The fourth-order valence-electron chi connectivity index (χ4n) is 4.37. The average Bonchev–Trinajstić information content (AvgIpc) is 3.49. The lowest BCUT2D eigenvalue weighted by Crippen LogP contribution is -2.40. The first-order valence-electron chi connectivity index (χ1n) is 11.4. The van der Waals surface area contributed by atoms with E-state index in [2.05, 4.69) is 131 Å². The van der Waals surface area contributed by atoms with Crippen LogP contribution in [-0.2, 0) is 0 Å². The molecule has 5 heteroatoms. The second kappa shape index (κ2) is 9.62. The van der Waals surface area contributed by atoms with Crippen LogP contribution in [0.3, 0.4) is 0 Å². The SMILES string of the molecule is C[Si](C)(C)c1c(-c2cscc2Nc2ccccc2)cccc1-c1cscc1Nc1ccccc1. The van der Waals surface area contributed by atoms with E-state index in [0.717, 1.165) is 11.4 Å². The Morgan fingerprint density at radius 3 is 1.35 bits per heavy atom. The van der Waals surface area contributed by atoms with Crippen LogP contribution in [0, 0.1) is 0 Å². The van der Waals surface area contributed by atoms with Crippen molar-refractivity contribution in [2.24, 2.45) is 0 Å². The molecule has 3 aromatic carbocycles. The second-order valence-electron chi connectivity index (χ2n) is 9.36. The molecule has 0 saturated carbocycles. The van der Waals surface area contributed by atoms with Gasteiger partial charge in [0, 0.05) is 44.0 Å². The van der Waals surface area contributed by atoms with Crippen LogP contribution in [0.4, 0.5) is 22.7 Å². The average molecular weight is 497 g/mol. The van der Waals surface area contributed by atoms with Crippen LogP contribution < -0.4 is 15.8 Å². The molecular formula is C29H28N2S2Si. The molecule has 0 bridgehead atoms. The molecule has 0 saturated heterocycles. The number of hydrogen-bond donors (Lipinski definition) is 2. The molecule has 0 fully saturated rings. The van der Waals surface area contributed by atoms with Crippen molar-refractivity contribution in [2.75, 3.05) is 10.6 Å². The first-order chi connectivity index (χ1) is 16.5. The maximum Gasteiger partial charge on any atom is 0.0792 e. The van der Waals surface area contributed by atoms with Gasteiger partial charge in [-0.25, -0.2) is 0 Å². The van der Waals surface area contributed by atoms with Gasteiger partial charge < -0.3 is 10.6 Å². The molecule has 2 aromatic heterocycles. The van der Waals surface area contributed by atoms with Gasteiger partial charge in [0.25, 0.3) is 0 Å². The minimum atomic E-state index is -1.71. The summed E-state index contributed by atoms with van der Waals surface area (Å²) in [6.45, 7) is 7.34. The molecule has 34 heavy (non-hydrogen) atoms. The highest BCUT2D eigenvalue weighted by molar-refractivity contribution is 7.09. The van der Waals surface area contributed by atoms with Gasteiger partial charge in [-0.2, -0.15) is 0 Å². The van der Waals surface area contributed by atoms with Gasteiger partial charge in [0.15, 0.2) is 0 Å². The molecule has 5 rings (SSSR count). The molecule has 2 heterocycles. The third-order valence-corrected chi connectivity index (χ3v) is 9.35. The smallest absolute Gasteiger partial charge is 0.0792 e.